The summed E-state index contributed by atoms with van der Waals surface area (Å²) >= 11 is 0. The number of ether oxygens (including phenoxy) is 1. The maximum absolute atomic E-state index is 12.6. The highest BCUT2D eigenvalue weighted by molar-refractivity contribution is 7.89. The summed E-state index contributed by atoms with van der Waals surface area (Å²) in [6.07, 6.45) is 0. The lowest BCUT2D eigenvalue weighted by Crippen LogP contribution is -2.43. The Morgan fingerprint density at radius 3 is 2.21 bits per heavy atom. The van der Waals surface area contributed by atoms with E-state index in [1.165, 1.54) is 24.3 Å². The largest absolute Gasteiger partial charge is 0.483 e. The molecule has 0 aliphatic rings. The monoisotopic (exact) mass is 467 g/mol. The van der Waals surface area contributed by atoms with Crippen molar-refractivity contribution in [1.29, 1.82) is 0 Å². The first-order chi connectivity index (χ1) is 15.8. The van der Waals surface area contributed by atoms with E-state index in [1.54, 1.807) is 12.1 Å². The number of carbonyl (C=O) groups is 2. The van der Waals surface area contributed by atoms with Crippen molar-refractivity contribution in [1.82, 2.24) is 15.6 Å². The molecule has 0 fully saturated rings. The molecule has 0 radical (unpaired) electrons. The van der Waals surface area contributed by atoms with E-state index in [4.69, 9.17) is 4.74 Å². The topological polar surface area (TPSA) is 114 Å². The van der Waals surface area contributed by atoms with Crippen LogP contribution in [0.25, 0.3) is 0 Å². The fraction of sp³-hybridized carbons (Fsp3) is 0.167. The molecule has 172 valence electrons. The molecule has 0 bridgehead atoms. The minimum atomic E-state index is -3.83. The van der Waals surface area contributed by atoms with Crippen molar-refractivity contribution in [2.75, 3.05) is 6.61 Å². The number of nitrogens with one attached hydrogen (secondary N) is 3. The minimum Gasteiger partial charge on any atom is -0.483 e. The molecule has 0 spiro atoms. The molecule has 0 saturated carbocycles. The van der Waals surface area contributed by atoms with Crippen LogP contribution in [-0.2, 0) is 21.4 Å². The van der Waals surface area contributed by atoms with Gasteiger partial charge in [0.2, 0.25) is 10.0 Å². The predicted molar refractivity (Wildman–Crippen MR) is 124 cm³/mol. The summed E-state index contributed by atoms with van der Waals surface area (Å²) in [5.74, 6) is -0.602. The first-order valence-corrected chi connectivity index (χ1v) is 11.7. The molecule has 0 aliphatic heterocycles. The highest BCUT2D eigenvalue weighted by Crippen LogP contribution is 2.22. The summed E-state index contributed by atoms with van der Waals surface area (Å²) in [6, 6.07) is 20.3. The maximum Gasteiger partial charge on any atom is 0.276 e. The third kappa shape index (κ3) is 6.64. The van der Waals surface area contributed by atoms with Crippen molar-refractivity contribution in [3.8, 4) is 5.75 Å². The van der Waals surface area contributed by atoms with Crippen molar-refractivity contribution in [2.24, 2.45) is 0 Å². The Morgan fingerprint density at radius 2 is 1.52 bits per heavy atom. The summed E-state index contributed by atoms with van der Waals surface area (Å²) in [4.78, 5) is 24.4. The SMILES string of the molecule is Cc1cccc(C)c1OCC(=O)NNC(=O)c1cccc(S(=O)(=O)NCc2ccccc2)c1. The quantitative estimate of drug-likeness (QED) is 0.441. The van der Waals surface area contributed by atoms with Gasteiger partial charge in [0.15, 0.2) is 6.61 Å². The zero-order valence-corrected chi connectivity index (χ0v) is 19.1. The summed E-state index contributed by atoms with van der Waals surface area (Å²) < 4.78 is 33.2. The smallest absolute Gasteiger partial charge is 0.276 e. The van der Waals surface area contributed by atoms with Gasteiger partial charge >= 0.3 is 0 Å². The molecule has 3 N–H and O–H groups in total. The van der Waals surface area contributed by atoms with E-state index in [0.29, 0.717) is 5.75 Å². The second kappa shape index (κ2) is 10.8. The Morgan fingerprint density at radius 1 is 0.848 bits per heavy atom. The third-order valence-electron chi connectivity index (χ3n) is 4.79. The number of amides is 2. The second-order valence-electron chi connectivity index (χ2n) is 7.35. The lowest BCUT2D eigenvalue weighted by Gasteiger charge is -2.12. The Balaban J connectivity index is 1.56. The normalized spacial score (nSPS) is 11.0. The van der Waals surface area contributed by atoms with Crippen molar-refractivity contribution in [2.45, 2.75) is 25.3 Å². The van der Waals surface area contributed by atoms with E-state index < -0.39 is 21.8 Å². The molecule has 3 aromatic carbocycles. The van der Waals surface area contributed by atoms with Crippen molar-refractivity contribution < 1.29 is 22.7 Å². The minimum absolute atomic E-state index is 0.0595. The zero-order valence-electron chi connectivity index (χ0n) is 18.3. The van der Waals surface area contributed by atoms with Crippen LogP contribution in [-0.4, -0.2) is 26.8 Å². The summed E-state index contributed by atoms with van der Waals surface area (Å²) in [7, 11) is -3.83. The number of para-hydroxylation sites is 1. The van der Waals surface area contributed by atoms with Crippen LogP contribution >= 0.6 is 0 Å². The zero-order chi connectivity index (χ0) is 23.8. The van der Waals surface area contributed by atoms with E-state index in [1.807, 2.05) is 50.2 Å². The fourth-order valence-corrected chi connectivity index (χ4v) is 4.12. The molecule has 0 aromatic heterocycles. The number of hydrazine groups is 1. The maximum atomic E-state index is 12.6. The Bertz CT molecular complexity index is 1220. The number of hydrogen-bond donors (Lipinski definition) is 3. The molecular formula is C24H25N3O5S. The Labute approximate surface area is 193 Å². The molecule has 3 aromatic rings. The van der Waals surface area contributed by atoms with Crippen LogP contribution in [0.3, 0.4) is 0 Å². The molecule has 9 heteroatoms. The van der Waals surface area contributed by atoms with Gasteiger partial charge in [-0.2, -0.15) is 0 Å². The van der Waals surface area contributed by atoms with Crippen LogP contribution in [0.1, 0.15) is 27.0 Å². The molecule has 0 saturated heterocycles. The van der Waals surface area contributed by atoms with E-state index in [-0.39, 0.29) is 23.6 Å². The first-order valence-electron chi connectivity index (χ1n) is 10.2. The average Bonchev–Trinajstić information content (AvgIpc) is 2.82. The summed E-state index contributed by atoms with van der Waals surface area (Å²) in [6.45, 7) is 3.58. The van der Waals surface area contributed by atoms with Crippen molar-refractivity contribution in [3.63, 3.8) is 0 Å². The van der Waals surface area contributed by atoms with Crippen LogP contribution < -0.4 is 20.3 Å². The molecule has 0 aliphatic carbocycles. The highest BCUT2D eigenvalue weighted by Gasteiger charge is 2.17. The van der Waals surface area contributed by atoms with E-state index in [2.05, 4.69) is 15.6 Å². The molecule has 0 unspecified atom stereocenters. The predicted octanol–water partition coefficient (Wildman–Crippen LogP) is 2.62. The van der Waals surface area contributed by atoms with Gasteiger partial charge in [-0.05, 0) is 48.7 Å². The van der Waals surface area contributed by atoms with Gasteiger partial charge in [-0.3, -0.25) is 20.4 Å². The van der Waals surface area contributed by atoms with E-state index in [9.17, 15) is 18.0 Å². The molecule has 33 heavy (non-hydrogen) atoms. The number of hydrogen-bond acceptors (Lipinski definition) is 5. The standard InChI is InChI=1S/C24H25N3O5S/c1-17-8-6-9-18(2)23(17)32-16-22(28)26-27-24(29)20-12-7-13-21(14-20)33(30,31)25-15-19-10-4-3-5-11-19/h3-14,25H,15-16H2,1-2H3,(H,26,28)(H,27,29). The molecular weight excluding hydrogens is 442 g/mol. The molecule has 3 rings (SSSR count). The summed E-state index contributed by atoms with van der Waals surface area (Å²) in [5.41, 5.74) is 7.21. The van der Waals surface area contributed by atoms with Gasteiger partial charge in [0.1, 0.15) is 5.75 Å². The van der Waals surface area contributed by atoms with E-state index in [0.717, 1.165) is 16.7 Å². The molecule has 0 heterocycles. The average molecular weight is 468 g/mol. The van der Waals surface area contributed by atoms with Gasteiger partial charge in [-0.25, -0.2) is 13.1 Å². The number of rotatable bonds is 8. The molecule has 0 atom stereocenters. The van der Waals surface area contributed by atoms with Crippen molar-refractivity contribution >= 4 is 21.8 Å². The van der Waals surface area contributed by atoms with Gasteiger partial charge in [-0.1, -0.05) is 54.6 Å². The fourth-order valence-electron chi connectivity index (χ4n) is 3.06. The number of benzene rings is 3. The summed E-state index contributed by atoms with van der Waals surface area (Å²) in [5, 5.41) is 0. The number of carbonyl (C=O) groups excluding carboxylic acids is 2. The van der Waals surface area contributed by atoms with Gasteiger partial charge in [0.05, 0.1) is 4.90 Å². The van der Waals surface area contributed by atoms with Gasteiger partial charge in [-0.15, -0.1) is 0 Å². The van der Waals surface area contributed by atoms with E-state index >= 15 is 0 Å². The molecule has 2 amide bonds. The van der Waals surface area contributed by atoms with Crippen LogP contribution in [0.5, 0.6) is 5.75 Å². The van der Waals surface area contributed by atoms with Crippen LogP contribution in [0, 0.1) is 13.8 Å². The lowest BCUT2D eigenvalue weighted by atomic mass is 10.1. The Kier molecular flexibility index (Phi) is 7.81. The lowest BCUT2D eigenvalue weighted by molar-refractivity contribution is -0.123. The number of aryl methyl sites for hydroxylation is 2. The van der Waals surface area contributed by atoms with Crippen LogP contribution in [0.2, 0.25) is 0 Å². The van der Waals surface area contributed by atoms with Gasteiger partial charge < -0.3 is 4.74 Å². The molecule has 8 nitrogen and oxygen atoms in total. The van der Waals surface area contributed by atoms with Gasteiger partial charge in [0, 0.05) is 12.1 Å². The van der Waals surface area contributed by atoms with Gasteiger partial charge in [0.25, 0.3) is 11.8 Å². The number of sulfonamides is 1. The van der Waals surface area contributed by atoms with Crippen LogP contribution in [0.15, 0.2) is 77.7 Å². The third-order valence-corrected chi connectivity index (χ3v) is 6.19. The van der Waals surface area contributed by atoms with Crippen LogP contribution in [0.4, 0.5) is 0 Å². The highest BCUT2D eigenvalue weighted by atomic mass is 32.2. The first kappa shape index (κ1) is 24.0. The van der Waals surface area contributed by atoms with Crippen molar-refractivity contribution in [3.05, 3.63) is 95.1 Å². The second-order valence-corrected chi connectivity index (χ2v) is 9.12. The Hall–Kier alpha value is -3.69.